The highest BCUT2D eigenvalue weighted by Crippen LogP contribution is 2.10. The lowest BCUT2D eigenvalue weighted by Gasteiger charge is -2.33. The zero-order valence-electron chi connectivity index (χ0n) is 10.4. The van der Waals surface area contributed by atoms with Crippen LogP contribution in [-0.4, -0.2) is 45.9 Å². The average molecular weight is 316 g/mol. The largest absolute Gasteiger partial charge is 0.420 e. The number of rotatable bonds is 0. The lowest BCUT2D eigenvalue weighted by Crippen LogP contribution is -2.58. The molecule has 0 amide bonds. The van der Waals surface area contributed by atoms with Crippen molar-refractivity contribution >= 4 is 45.9 Å². The number of hydrogen-bond donors (Lipinski definition) is 1. The fourth-order valence-corrected chi connectivity index (χ4v) is 17.2. The lowest BCUT2D eigenvalue weighted by molar-refractivity contribution is 0.279. The van der Waals surface area contributed by atoms with Gasteiger partial charge in [-0.2, -0.15) is 0 Å². The molecule has 0 saturated carbocycles. The van der Waals surface area contributed by atoms with Crippen molar-refractivity contribution in [2.24, 2.45) is 5.40 Å². The van der Waals surface area contributed by atoms with E-state index in [2.05, 4.69) is 0 Å². The number of nitrogens with two attached hydrogens (primary N) is 1. The van der Waals surface area contributed by atoms with Crippen molar-refractivity contribution in [2.75, 3.05) is 0 Å². The third-order valence-corrected chi connectivity index (χ3v) is 17.5. The van der Waals surface area contributed by atoms with Gasteiger partial charge in [0.05, 0.1) is 0 Å². The molecular weight excluding hydrogens is 294 g/mol. The standard InChI is InChI=1S/C5H21NO5Si5/c1-12-7-13(2)9-15(4)11-16(5,6)10-14(3)8-12/h12-15H,6H2,1-5H3. The first kappa shape index (κ1) is 14.9. The predicted octanol–water partition coefficient (Wildman–Crippen LogP) is -0.988. The monoisotopic (exact) mass is 315 g/mol. The molecule has 1 aliphatic rings. The van der Waals surface area contributed by atoms with Gasteiger partial charge in [0, 0.05) is 0 Å². The van der Waals surface area contributed by atoms with Crippen LogP contribution in [0, 0.1) is 0 Å². The van der Waals surface area contributed by atoms with Gasteiger partial charge in [-0.05, 0) is 32.7 Å². The highest BCUT2D eigenvalue weighted by molar-refractivity contribution is 6.78. The Kier molecular flexibility index (Phi) is 5.72. The molecule has 0 aliphatic carbocycles. The molecule has 6 nitrogen and oxygen atoms in total. The molecule has 1 saturated heterocycles. The van der Waals surface area contributed by atoms with Crippen molar-refractivity contribution in [3.8, 4) is 0 Å². The third-order valence-electron chi connectivity index (χ3n) is 1.95. The van der Waals surface area contributed by atoms with Crippen LogP contribution in [-0.2, 0) is 20.6 Å². The zero-order valence-corrected chi connectivity index (χ0v) is 16.0. The Bertz CT molecular complexity index is 213. The summed E-state index contributed by atoms with van der Waals surface area (Å²) in [5.41, 5.74) is 0. The Morgan fingerprint density at radius 1 is 0.750 bits per heavy atom. The normalized spacial score (nSPS) is 47.6. The van der Waals surface area contributed by atoms with Crippen molar-refractivity contribution in [3.05, 3.63) is 0 Å². The third kappa shape index (κ3) is 5.45. The van der Waals surface area contributed by atoms with E-state index < -0.39 is 45.9 Å². The van der Waals surface area contributed by atoms with Crippen LogP contribution in [0.4, 0.5) is 0 Å². The minimum absolute atomic E-state index is 1.61. The summed E-state index contributed by atoms with van der Waals surface area (Å²) in [6.07, 6.45) is 0. The van der Waals surface area contributed by atoms with E-state index in [0.717, 1.165) is 0 Å². The zero-order chi connectivity index (χ0) is 12.3. The Hall–Kier alpha value is 0.844. The molecule has 0 aromatic carbocycles. The van der Waals surface area contributed by atoms with E-state index in [-0.39, 0.29) is 0 Å². The van der Waals surface area contributed by atoms with Crippen LogP contribution in [0.5, 0.6) is 0 Å². The van der Waals surface area contributed by atoms with E-state index in [0.29, 0.717) is 0 Å². The Balaban J connectivity index is 2.67. The van der Waals surface area contributed by atoms with E-state index in [1.165, 1.54) is 0 Å². The van der Waals surface area contributed by atoms with Gasteiger partial charge >= 0.3 is 27.3 Å². The summed E-state index contributed by atoms with van der Waals surface area (Å²) >= 11 is 0. The average Bonchev–Trinajstić information content (AvgIpc) is 1.96. The van der Waals surface area contributed by atoms with Crippen LogP contribution in [0.2, 0.25) is 32.7 Å². The first-order valence-electron chi connectivity index (χ1n) is 5.39. The van der Waals surface area contributed by atoms with Crippen molar-refractivity contribution in [1.29, 1.82) is 0 Å². The molecule has 4 atom stereocenters. The summed E-state index contributed by atoms with van der Waals surface area (Å²) in [5, 5.41) is 6.03. The van der Waals surface area contributed by atoms with Crippen molar-refractivity contribution < 1.29 is 20.6 Å². The van der Waals surface area contributed by atoms with Crippen molar-refractivity contribution in [1.82, 2.24) is 0 Å². The van der Waals surface area contributed by atoms with Gasteiger partial charge in [-0.15, -0.1) is 0 Å². The molecule has 0 spiro atoms. The minimum Gasteiger partial charge on any atom is -0.420 e. The molecule has 4 unspecified atom stereocenters. The second kappa shape index (κ2) is 6.14. The summed E-state index contributed by atoms with van der Waals surface area (Å²) in [6, 6.07) is 0. The summed E-state index contributed by atoms with van der Waals surface area (Å²) < 4.78 is 28.7. The maximum Gasteiger partial charge on any atom is 0.400 e. The molecule has 1 aliphatic heterocycles. The topological polar surface area (TPSA) is 72.2 Å². The Morgan fingerprint density at radius 2 is 1.06 bits per heavy atom. The van der Waals surface area contributed by atoms with Gasteiger partial charge in [0.2, 0.25) is 0 Å². The first-order chi connectivity index (χ1) is 7.28. The summed E-state index contributed by atoms with van der Waals surface area (Å²) in [4.78, 5) is 0. The van der Waals surface area contributed by atoms with Crippen LogP contribution in [0.15, 0.2) is 0 Å². The van der Waals surface area contributed by atoms with Gasteiger partial charge in [-0.1, -0.05) is 0 Å². The SMILES string of the molecule is C[SiH]1O[SiH](C)O[SiH](C)O[Si](C)(N)O[SiH](C)O1. The Labute approximate surface area is 105 Å². The predicted molar refractivity (Wildman–Crippen MR) is 73.3 cm³/mol. The number of hydrogen-bond acceptors (Lipinski definition) is 6. The fraction of sp³-hybridized carbons (Fsp3) is 1.00. The van der Waals surface area contributed by atoms with Gasteiger partial charge in [0.15, 0.2) is 0 Å². The van der Waals surface area contributed by atoms with Crippen LogP contribution in [0.1, 0.15) is 0 Å². The second-order valence-electron chi connectivity index (χ2n) is 3.93. The van der Waals surface area contributed by atoms with Crippen molar-refractivity contribution in [2.45, 2.75) is 32.7 Å². The smallest absolute Gasteiger partial charge is 0.400 e. The maximum atomic E-state index is 6.03. The maximum absolute atomic E-state index is 6.03. The summed E-state index contributed by atoms with van der Waals surface area (Å²) in [5.74, 6) is 0. The van der Waals surface area contributed by atoms with Gasteiger partial charge < -0.3 is 26.0 Å². The summed E-state index contributed by atoms with van der Waals surface area (Å²) in [7, 11) is -9.21. The van der Waals surface area contributed by atoms with E-state index in [1.54, 1.807) is 0 Å². The molecule has 0 aromatic rings. The van der Waals surface area contributed by atoms with E-state index in [9.17, 15) is 0 Å². The molecule has 0 radical (unpaired) electrons. The molecule has 96 valence electrons. The first-order valence-corrected chi connectivity index (χ1v) is 16.2. The lowest BCUT2D eigenvalue weighted by atomic mass is 11.9. The highest BCUT2D eigenvalue weighted by atomic mass is 28.5. The molecule has 2 N–H and O–H groups in total. The van der Waals surface area contributed by atoms with Gasteiger partial charge in [-0.25, -0.2) is 0 Å². The Morgan fingerprint density at radius 3 is 1.44 bits per heavy atom. The van der Waals surface area contributed by atoms with Gasteiger partial charge in [0.1, 0.15) is 0 Å². The van der Waals surface area contributed by atoms with E-state index in [1.807, 2.05) is 32.7 Å². The van der Waals surface area contributed by atoms with Crippen LogP contribution >= 0.6 is 0 Å². The molecule has 1 fully saturated rings. The van der Waals surface area contributed by atoms with Crippen LogP contribution < -0.4 is 5.40 Å². The van der Waals surface area contributed by atoms with E-state index >= 15 is 0 Å². The fourth-order valence-electron chi connectivity index (χ4n) is 1.62. The van der Waals surface area contributed by atoms with Gasteiger partial charge in [0.25, 0.3) is 18.6 Å². The molecule has 0 aromatic heterocycles. The van der Waals surface area contributed by atoms with Crippen LogP contribution in [0.3, 0.4) is 0 Å². The highest BCUT2D eigenvalue weighted by Gasteiger charge is 2.35. The molecular formula is C5H21NO5Si5. The van der Waals surface area contributed by atoms with E-state index in [4.69, 9.17) is 26.0 Å². The molecule has 1 heterocycles. The van der Waals surface area contributed by atoms with Crippen LogP contribution in [0.25, 0.3) is 0 Å². The second-order valence-corrected chi connectivity index (χ2v) is 15.7. The minimum atomic E-state index is -2.55. The molecule has 0 bridgehead atoms. The molecule has 11 heteroatoms. The summed E-state index contributed by atoms with van der Waals surface area (Å²) in [6.45, 7) is 9.78. The van der Waals surface area contributed by atoms with Crippen molar-refractivity contribution in [3.63, 3.8) is 0 Å². The molecule has 1 rings (SSSR count). The quantitative estimate of drug-likeness (QED) is 0.579. The van der Waals surface area contributed by atoms with Gasteiger partial charge in [-0.3, -0.25) is 0 Å². The molecule has 16 heavy (non-hydrogen) atoms.